The molecule has 0 fully saturated rings. The van der Waals surface area contributed by atoms with Crippen LogP contribution in [-0.2, 0) is 26.8 Å². The highest BCUT2D eigenvalue weighted by atomic mass is 32.2. The van der Waals surface area contributed by atoms with Crippen molar-refractivity contribution in [3.05, 3.63) is 46.0 Å². The fraction of sp³-hybridized carbons (Fsp3) is 0.452. The average molecular weight is 794 g/mol. The number of anilines is 1. The molecular formula is C31H41N2O6S8+. The van der Waals surface area contributed by atoms with Gasteiger partial charge in [-0.1, -0.05) is 30.0 Å². The number of fused-ring (bicyclic) bond motifs is 2. The van der Waals surface area contributed by atoms with Crippen LogP contribution < -0.4 is 9.47 Å². The lowest BCUT2D eigenvalue weighted by Gasteiger charge is -2.21. The molecule has 1 aliphatic rings. The molecule has 2 aromatic carbocycles. The van der Waals surface area contributed by atoms with Crippen LogP contribution in [0.15, 0.2) is 65.4 Å². The van der Waals surface area contributed by atoms with E-state index in [4.69, 9.17) is 0 Å². The van der Waals surface area contributed by atoms with Gasteiger partial charge in [-0.05, 0) is 80.6 Å². The van der Waals surface area contributed by atoms with Gasteiger partial charge in [-0.2, -0.15) is 21.4 Å². The minimum Gasteiger partial charge on any atom is -0.335 e. The summed E-state index contributed by atoms with van der Waals surface area (Å²) >= 11 is 10.3. The van der Waals surface area contributed by atoms with Gasteiger partial charge in [0.25, 0.3) is 25.2 Å². The molecule has 0 aliphatic carbocycles. The van der Waals surface area contributed by atoms with E-state index < -0.39 is 20.2 Å². The number of allylic oxidation sites excluding steroid dienone is 2. The van der Waals surface area contributed by atoms with E-state index in [1.165, 1.54) is 19.6 Å². The first-order chi connectivity index (χ1) is 22.3. The van der Waals surface area contributed by atoms with Crippen LogP contribution in [0.3, 0.4) is 0 Å². The zero-order valence-corrected chi connectivity index (χ0v) is 33.5. The first-order valence-corrected chi connectivity index (χ1v) is 24.7. The Morgan fingerprint density at radius 3 is 2.00 bits per heavy atom. The molecule has 0 amide bonds. The highest BCUT2D eigenvalue weighted by Gasteiger charge is 2.28. The monoisotopic (exact) mass is 793 g/mol. The summed E-state index contributed by atoms with van der Waals surface area (Å²) in [5.41, 5.74) is 3.35. The van der Waals surface area contributed by atoms with Gasteiger partial charge in [-0.15, -0.1) is 47.0 Å². The van der Waals surface area contributed by atoms with E-state index in [1.54, 1.807) is 70.1 Å². The van der Waals surface area contributed by atoms with E-state index >= 15 is 0 Å². The Kier molecular flexibility index (Phi) is 14.4. The second kappa shape index (κ2) is 17.4. The molecule has 1 aromatic heterocycles. The zero-order valence-electron chi connectivity index (χ0n) is 27.0. The summed E-state index contributed by atoms with van der Waals surface area (Å²) in [5, 5.41) is 2.14. The van der Waals surface area contributed by atoms with Crippen LogP contribution in [0.25, 0.3) is 16.3 Å². The maximum atomic E-state index is 11.4. The topological polar surface area (TPSA) is 116 Å². The summed E-state index contributed by atoms with van der Waals surface area (Å²) in [5.74, 6) is -0.512. The van der Waals surface area contributed by atoms with Gasteiger partial charge >= 0.3 is 0 Å². The first-order valence-electron chi connectivity index (χ1n) is 14.9. The minimum absolute atomic E-state index is 0.256. The number of rotatable bonds is 17. The molecule has 0 atom stereocenters. The SMILES string of the molecule is CCC(=C/c1sc2cc(SC)c(SC)cc2[n+]1CCCCS(=O)(=O)O)/C=C1/Sc2cc(SC)c(SC)cc2N1CCCCS(=O)(=O)O. The van der Waals surface area contributed by atoms with E-state index in [-0.39, 0.29) is 11.5 Å². The molecule has 3 aromatic rings. The third kappa shape index (κ3) is 10.6. The van der Waals surface area contributed by atoms with E-state index in [0.29, 0.717) is 38.8 Å². The summed E-state index contributed by atoms with van der Waals surface area (Å²) < 4.78 is 67.4. The first kappa shape index (κ1) is 39.0. The van der Waals surface area contributed by atoms with Gasteiger partial charge in [0.1, 0.15) is 4.70 Å². The number of unbranched alkanes of at least 4 members (excludes halogenated alkanes) is 2. The number of hydrogen-bond donors (Lipinski definition) is 2. The van der Waals surface area contributed by atoms with E-state index in [0.717, 1.165) is 42.8 Å². The van der Waals surface area contributed by atoms with Gasteiger partial charge in [0.05, 0.1) is 22.2 Å². The molecule has 16 heteroatoms. The molecule has 258 valence electrons. The molecule has 4 rings (SSSR count). The maximum Gasteiger partial charge on any atom is 0.264 e. The second-order valence-electron chi connectivity index (χ2n) is 10.7. The predicted molar refractivity (Wildman–Crippen MR) is 206 cm³/mol. The van der Waals surface area contributed by atoms with Crippen LogP contribution in [0.4, 0.5) is 5.69 Å². The molecule has 8 nitrogen and oxygen atoms in total. The minimum atomic E-state index is -4.01. The van der Waals surface area contributed by atoms with Crippen LogP contribution in [0.5, 0.6) is 0 Å². The molecule has 47 heavy (non-hydrogen) atoms. The third-order valence-electron chi connectivity index (χ3n) is 7.57. The molecule has 0 radical (unpaired) electrons. The Labute approximate surface area is 304 Å². The zero-order chi connectivity index (χ0) is 34.4. The van der Waals surface area contributed by atoms with Crippen LogP contribution in [0.1, 0.15) is 44.0 Å². The summed E-state index contributed by atoms with van der Waals surface area (Å²) in [7, 11) is -8.02. The lowest BCUT2D eigenvalue weighted by Crippen LogP contribution is -2.35. The summed E-state index contributed by atoms with van der Waals surface area (Å²) in [6.45, 7) is 3.37. The van der Waals surface area contributed by atoms with Gasteiger partial charge < -0.3 is 4.90 Å². The fourth-order valence-corrected chi connectivity index (χ4v) is 11.8. The van der Waals surface area contributed by atoms with Crippen molar-refractivity contribution in [3.63, 3.8) is 0 Å². The lowest BCUT2D eigenvalue weighted by atomic mass is 10.2. The molecule has 0 saturated carbocycles. The number of thioether (sulfide) groups is 5. The van der Waals surface area contributed by atoms with Crippen LogP contribution in [0, 0.1) is 0 Å². The smallest absolute Gasteiger partial charge is 0.264 e. The molecular weight excluding hydrogens is 753 g/mol. The van der Waals surface area contributed by atoms with E-state index in [1.807, 2.05) is 0 Å². The Bertz CT molecular complexity index is 1870. The highest BCUT2D eigenvalue weighted by molar-refractivity contribution is 8.04. The van der Waals surface area contributed by atoms with Crippen molar-refractivity contribution in [3.8, 4) is 0 Å². The summed E-state index contributed by atoms with van der Waals surface area (Å²) in [6, 6.07) is 8.90. The van der Waals surface area contributed by atoms with Crippen molar-refractivity contribution in [1.82, 2.24) is 0 Å². The van der Waals surface area contributed by atoms with Crippen molar-refractivity contribution in [1.29, 1.82) is 0 Å². The molecule has 0 saturated heterocycles. The quantitative estimate of drug-likeness (QED) is 0.0590. The second-order valence-corrected chi connectivity index (χ2v) is 19.4. The average Bonchev–Trinajstić information content (AvgIpc) is 3.53. The number of aryl methyl sites for hydroxylation is 1. The van der Waals surface area contributed by atoms with Gasteiger partial charge in [0.15, 0.2) is 6.54 Å². The van der Waals surface area contributed by atoms with Gasteiger partial charge in [0.2, 0.25) is 5.52 Å². The molecule has 0 unspecified atom stereocenters. The number of thiazole rings is 1. The predicted octanol–water partition coefficient (Wildman–Crippen LogP) is 8.66. The molecule has 2 heterocycles. The van der Waals surface area contributed by atoms with Crippen molar-refractivity contribution < 1.29 is 30.5 Å². The van der Waals surface area contributed by atoms with Crippen molar-refractivity contribution >= 4 is 112 Å². The van der Waals surface area contributed by atoms with Crippen molar-refractivity contribution in [2.45, 2.75) is 70.1 Å². The highest BCUT2D eigenvalue weighted by Crippen LogP contribution is 2.50. The standard InChI is InChI=1S/C31H40N2O6S8/c1-6-21(15-30-32(11-7-9-13-46(34,35)36)22-17-26(40-2)28(42-4)19-24(22)44-30)16-31-33(12-8-10-14-47(37,38)39)23-18-27(41-3)29(43-5)20-25(23)45-31/h15-20H,6-14H2,1-5H3,(H-,34,35,36,37,38,39)/p+1. The molecule has 0 spiro atoms. The van der Waals surface area contributed by atoms with Gasteiger partial charge in [-0.25, -0.2) is 0 Å². The van der Waals surface area contributed by atoms with E-state index in [2.05, 4.69) is 77.8 Å². The van der Waals surface area contributed by atoms with E-state index in [9.17, 15) is 25.9 Å². The summed E-state index contributed by atoms with van der Waals surface area (Å²) in [6.07, 6.45) is 15.5. The Balaban J connectivity index is 1.75. The van der Waals surface area contributed by atoms with Crippen LogP contribution >= 0.6 is 70.1 Å². The Morgan fingerprint density at radius 1 is 0.830 bits per heavy atom. The number of aromatic nitrogens is 1. The normalized spacial score (nSPS) is 14.9. The van der Waals surface area contributed by atoms with Crippen LogP contribution in [-0.4, -0.2) is 69.0 Å². The largest absolute Gasteiger partial charge is 0.335 e. The number of hydrogen-bond acceptors (Lipinski definition) is 11. The van der Waals surface area contributed by atoms with Crippen molar-refractivity contribution in [2.75, 3.05) is 48.0 Å². The lowest BCUT2D eigenvalue weighted by molar-refractivity contribution is -0.669. The van der Waals surface area contributed by atoms with Gasteiger partial charge in [-0.3, -0.25) is 9.11 Å². The number of benzene rings is 2. The maximum absolute atomic E-state index is 11.4. The summed E-state index contributed by atoms with van der Waals surface area (Å²) in [4.78, 5) is 8.26. The molecule has 1 aliphatic heterocycles. The Hall–Kier alpha value is -0.820. The molecule has 0 bridgehead atoms. The van der Waals surface area contributed by atoms with Crippen LogP contribution in [0.2, 0.25) is 0 Å². The van der Waals surface area contributed by atoms with Gasteiger partial charge in [0, 0.05) is 49.6 Å². The number of nitrogens with zero attached hydrogens (tertiary/aromatic N) is 2. The fourth-order valence-electron chi connectivity index (χ4n) is 5.21. The third-order valence-corrected chi connectivity index (χ3v) is 14.7. The molecule has 2 N–H and O–H groups in total. The van der Waals surface area contributed by atoms with Crippen molar-refractivity contribution in [2.24, 2.45) is 0 Å². The Morgan fingerprint density at radius 2 is 1.40 bits per heavy atom.